The molecule has 0 unspecified atom stereocenters. The Labute approximate surface area is 120 Å². The second-order valence-corrected chi connectivity index (χ2v) is 6.29. The van der Waals surface area contributed by atoms with Gasteiger partial charge < -0.3 is 0 Å². The van der Waals surface area contributed by atoms with E-state index in [-0.39, 0.29) is 18.0 Å². The second-order valence-electron chi connectivity index (χ2n) is 4.75. The van der Waals surface area contributed by atoms with Crippen molar-refractivity contribution in [3.05, 3.63) is 56.0 Å². The average molecular weight is 295 g/mol. The van der Waals surface area contributed by atoms with Gasteiger partial charge in [-0.2, -0.15) is 0 Å². The maximum atomic E-state index is 13.0. The Morgan fingerprint density at radius 3 is 2.89 bits per heavy atom. The molecule has 1 heterocycles. The highest BCUT2D eigenvalue weighted by atomic mass is 35.5. The minimum atomic E-state index is -0.378. The molecule has 98 valence electrons. The molecule has 0 fully saturated rings. The van der Waals surface area contributed by atoms with Crippen molar-refractivity contribution in [2.75, 3.05) is 0 Å². The summed E-state index contributed by atoms with van der Waals surface area (Å²) in [5.74, 6) is -0.316. The number of aryl methyl sites for hydroxylation is 2. The molecule has 19 heavy (non-hydrogen) atoms. The number of carbonyl (C=O) groups excluding carboxylic acids is 1. The van der Waals surface area contributed by atoms with Gasteiger partial charge in [0.2, 0.25) is 0 Å². The Bertz CT molecular complexity index is 626. The summed E-state index contributed by atoms with van der Waals surface area (Å²) >= 11 is 7.54. The third kappa shape index (κ3) is 2.58. The minimum absolute atomic E-state index is 0.0629. The van der Waals surface area contributed by atoms with Crippen molar-refractivity contribution < 1.29 is 9.18 Å². The number of ketones is 1. The number of Topliss-reactive ketones (excluding diaryl/α,β-unsaturated/α-hetero) is 1. The molecule has 0 amide bonds. The van der Waals surface area contributed by atoms with Gasteiger partial charge in [-0.3, -0.25) is 4.79 Å². The van der Waals surface area contributed by atoms with Crippen molar-refractivity contribution in [2.45, 2.75) is 25.7 Å². The van der Waals surface area contributed by atoms with Gasteiger partial charge >= 0.3 is 0 Å². The molecule has 2 aromatic rings. The maximum absolute atomic E-state index is 13.0. The van der Waals surface area contributed by atoms with Crippen molar-refractivity contribution in [3.63, 3.8) is 0 Å². The normalized spacial score (nSPS) is 13.6. The van der Waals surface area contributed by atoms with Crippen molar-refractivity contribution in [3.8, 4) is 0 Å². The monoisotopic (exact) mass is 294 g/mol. The van der Waals surface area contributed by atoms with Crippen LogP contribution in [0.5, 0.6) is 0 Å². The molecule has 4 heteroatoms. The predicted molar refractivity (Wildman–Crippen MR) is 75.8 cm³/mol. The number of halogens is 2. The quantitative estimate of drug-likeness (QED) is 0.764. The van der Waals surface area contributed by atoms with Crippen molar-refractivity contribution in [1.29, 1.82) is 0 Å². The zero-order valence-electron chi connectivity index (χ0n) is 10.2. The summed E-state index contributed by atoms with van der Waals surface area (Å²) in [6, 6.07) is 6.17. The topological polar surface area (TPSA) is 17.1 Å². The molecule has 1 nitrogen and oxygen atoms in total. The van der Waals surface area contributed by atoms with Gasteiger partial charge in [-0.25, -0.2) is 4.39 Å². The van der Waals surface area contributed by atoms with Crippen LogP contribution >= 0.6 is 22.9 Å². The van der Waals surface area contributed by atoms with Crippen LogP contribution in [-0.2, 0) is 19.3 Å². The lowest BCUT2D eigenvalue weighted by atomic mass is 10.1. The number of fused-ring (bicyclic) bond motifs is 1. The molecular weight excluding hydrogens is 283 g/mol. The maximum Gasteiger partial charge on any atom is 0.177 e. The van der Waals surface area contributed by atoms with Gasteiger partial charge in [-0.05, 0) is 48.6 Å². The van der Waals surface area contributed by atoms with E-state index < -0.39 is 0 Å². The first-order valence-corrected chi connectivity index (χ1v) is 7.41. The van der Waals surface area contributed by atoms with E-state index in [0.29, 0.717) is 10.6 Å². The fourth-order valence-corrected chi connectivity index (χ4v) is 3.82. The van der Waals surface area contributed by atoms with Crippen LogP contribution in [0, 0.1) is 5.82 Å². The standard InChI is InChI=1S/C15H12ClFOS/c16-12-8-11(17)5-4-9(12)6-13(18)15-7-10-2-1-3-14(10)19-15/h4-5,7-8H,1-3,6H2. The molecule has 1 aromatic heterocycles. The van der Waals surface area contributed by atoms with Gasteiger partial charge in [0.1, 0.15) is 5.82 Å². The van der Waals surface area contributed by atoms with E-state index in [4.69, 9.17) is 11.6 Å². The van der Waals surface area contributed by atoms with Gasteiger partial charge in [-0.1, -0.05) is 17.7 Å². The summed E-state index contributed by atoms with van der Waals surface area (Å²) in [5.41, 5.74) is 2.00. The minimum Gasteiger partial charge on any atom is -0.293 e. The van der Waals surface area contributed by atoms with Gasteiger partial charge in [-0.15, -0.1) is 11.3 Å². The summed E-state index contributed by atoms with van der Waals surface area (Å²) in [6.07, 6.45) is 3.60. The lowest BCUT2D eigenvalue weighted by Gasteiger charge is -2.02. The van der Waals surface area contributed by atoms with E-state index in [1.807, 2.05) is 6.07 Å². The largest absolute Gasteiger partial charge is 0.293 e. The lowest BCUT2D eigenvalue weighted by molar-refractivity contribution is 0.0996. The molecule has 1 aliphatic carbocycles. The first-order chi connectivity index (χ1) is 9.13. The van der Waals surface area contributed by atoms with Crippen LogP contribution in [0.25, 0.3) is 0 Å². The van der Waals surface area contributed by atoms with Crippen LogP contribution in [0.1, 0.15) is 32.1 Å². The zero-order chi connectivity index (χ0) is 13.4. The highest BCUT2D eigenvalue weighted by Crippen LogP contribution is 2.31. The van der Waals surface area contributed by atoms with Crippen LogP contribution in [0.3, 0.4) is 0 Å². The molecule has 0 radical (unpaired) electrons. The van der Waals surface area contributed by atoms with Crippen LogP contribution in [0.4, 0.5) is 4.39 Å². The van der Waals surface area contributed by atoms with E-state index >= 15 is 0 Å². The molecule has 0 spiro atoms. The van der Waals surface area contributed by atoms with Crippen molar-refractivity contribution >= 4 is 28.7 Å². The average Bonchev–Trinajstić information content (AvgIpc) is 2.93. The Hall–Kier alpha value is -1.19. The van der Waals surface area contributed by atoms with Gasteiger partial charge in [0, 0.05) is 16.3 Å². The van der Waals surface area contributed by atoms with E-state index in [1.165, 1.54) is 29.0 Å². The number of hydrogen-bond donors (Lipinski definition) is 0. The molecule has 0 bridgehead atoms. The molecule has 0 saturated heterocycles. The molecule has 1 aromatic carbocycles. The number of rotatable bonds is 3. The second kappa shape index (κ2) is 5.06. The first kappa shape index (κ1) is 12.8. The van der Waals surface area contributed by atoms with E-state index in [1.54, 1.807) is 17.4 Å². The molecule has 1 aliphatic rings. The molecule has 0 aliphatic heterocycles. The molecule has 3 rings (SSSR count). The number of benzene rings is 1. The van der Waals surface area contributed by atoms with Crippen molar-refractivity contribution in [1.82, 2.24) is 0 Å². The van der Waals surface area contributed by atoms with Crippen molar-refractivity contribution in [2.24, 2.45) is 0 Å². The van der Waals surface area contributed by atoms with E-state index in [9.17, 15) is 9.18 Å². The first-order valence-electron chi connectivity index (χ1n) is 6.22. The predicted octanol–water partition coefficient (Wildman–Crippen LogP) is 4.45. The number of hydrogen-bond acceptors (Lipinski definition) is 2. The number of carbonyl (C=O) groups is 1. The fourth-order valence-electron chi connectivity index (χ4n) is 2.39. The third-order valence-corrected chi connectivity index (χ3v) is 5.02. The Balaban J connectivity index is 1.80. The Kier molecular flexibility index (Phi) is 3.42. The molecular formula is C15H12ClFOS. The number of thiophene rings is 1. The third-order valence-electron chi connectivity index (χ3n) is 3.39. The molecule has 0 saturated carbocycles. The summed E-state index contributed by atoms with van der Waals surface area (Å²) in [5, 5.41) is 0.317. The zero-order valence-corrected chi connectivity index (χ0v) is 11.8. The van der Waals surface area contributed by atoms with E-state index in [2.05, 4.69) is 0 Å². The van der Waals surface area contributed by atoms with Gasteiger partial charge in [0.25, 0.3) is 0 Å². The summed E-state index contributed by atoms with van der Waals surface area (Å²) < 4.78 is 13.0. The van der Waals surface area contributed by atoms with Crippen LogP contribution in [0.15, 0.2) is 24.3 Å². The SMILES string of the molecule is O=C(Cc1ccc(F)cc1Cl)c1cc2c(s1)CCC2. The Morgan fingerprint density at radius 1 is 1.32 bits per heavy atom. The smallest absolute Gasteiger partial charge is 0.177 e. The summed E-state index contributed by atoms with van der Waals surface area (Å²) in [7, 11) is 0. The highest BCUT2D eigenvalue weighted by molar-refractivity contribution is 7.14. The molecule has 0 atom stereocenters. The Morgan fingerprint density at radius 2 is 2.16 bits per heavy atom. The van der Waals surface area contributed by atoms with Gasteiger partial charge in [0.05, 0.1) is 4.88 Å². The summed E-state index contributed by atoms with van der Waals surface area (Å²) in [4.78, 5) is 14.4. The molecule has 0 N–H and O–H groups in total. The highest BCUT2D eigenvalue weighted by Gasteiger charge is 2.19. The van der Waals surface area contributed by atoms with Crippen LogP contribution < -0.4 is 0 Å². The van der Waals surface area contributed by atoms with E-state index in [0.717, 1.165) is 17.7 Å². The van der Waals surface area contributed by atoms with Crippen LogP contribution in [0.2, 0.25) is 5.02 Å². The summed E-state index contributed by atoms with van der Waals surface area (Å²) in [6.45, 7) is 0. The lowest BCUT2D eigenvalue weighted by Crippen LogP contribution is -2.02. The van der Waals surface area contributed by atoms with Gasteiger partial charge in [0.15, 0.2) is 5.78 Å². The fraction of sp³-hybridized carbons (Fsp3) is 0.267. The van der Waals surface area contributed by atoms with Crippen LogP contribution in [-0.4, -0.2) is 5.78 Å².